The molecule has 0 unspecified atom stereocenters. The van der Waals surface area contributed by atoms with Crippen LogP contribution in [0.1, 0.15) is 5.56 Å². The van der Waals surface area contributed by atoms with Crippen LogP contribution in [0.5, 0.6) is 5.75 Å². The molecule has 0 bridgehead atoms. The molecular formula is C11H9ClN4O. The lowest BCUT2D eigenvalue weighted by atomic mass is 10.2. The van der Waals surface area contributed by atoms with E-state index in [4.69, 9.17) is 16.7 Å². The monoisotopic (exact) mass is 248 g/mol. The zero-order valence-electron chi connectivity index (χ0n) is 8.71. The van der Waals surface area contributed by atoms with Crippen molar-refractivity contribution in [2.45, 2.75) is 0 Å². The van der Waals surface area contributed by atoms with E-state index in [1.807, 2.05) is 0 Å². The number of hydrogen-bond donors (Lipinski definition) is 2. The second-order valence-corrected chi connectivity index (χ2v) is 3.59. The summed E-state index contributed by atoms with van der Waals surface area (Å²) in [6.07, 6.45) is 1.61. The van der Waals surface area contributed by atoms with Crippen LogP contribution < -0.4 is 5.43 Å². The number of phenols is 1. The highest BCUT2D eigenvalue weighted by molar-refractivity contribution is 6.29. The van der Waals surface area contributed by atoms with E-state index in [0.717, 1.165) is 5.56 Å². The van der Waals surface area contributed by atoms with Gasteiger partial charge in [0.1, 0.15) is 5.75 Å². The lowest BCUT2D eigenvalue weighted by Crippen LogP contribution is -1.94. The van der Waals surface area contributed by atoms with Crippen molar-refractivity contribution in [1.82, 2.24) is 10.2 Å². The highest BCUT2D eigenvalue weighted by Crippen LogP contribution is 2.08. The molecule has 0 radical (unpaired) electrons. The quantitative estimate of drug-likeness (QED) is 0.646. The van der Waals surface area contributed by atoms with Crippen molar-refractivity contribution in [3.8, 4) is 5.75 Å². The summed E-state index contributed by atoms with van der Waals surface area (Å²) in [6, 6.07) is 9.95. The Hall–Kier alpha value is -2.14. The number of aromatic hydroxyl groups is 1. The minimum absolute atomic E-state index is 0.221. The predicted octanol–water partition coefficient (Wildman–Crippen LogP) is 2.28. The molecule has 0 saturated carbocycles. The van der Waals surface area contributed by atoms with E-state index in [2.05, 4.69) is 20.7 Å². The van der Waals surface area contributed by atoms with E-state index < -0.39 is 0 Å². The van der Waals surface area contributed by atoms with E-state index in [0.29, 0.717) is 11.0 Å². The molecule has 1 aromatic heterocycles. The van der Waals surface area contributed by atoms with Gasteiger partial charge in [-0.15, -0.1) is 10.2 Å². The number of aromatic nitrogens is 2. The van der Waals surface area contributed by atoms with Gasteiger partial charge < -0.3 is 5.11 Å². The molecule has 6 heteroatoms. The van der Waals surface area contributed by atoms with Gasteiger partial charge >= 0.3 is 0 Å². The van der Waals surface area contributed by atoms with Gasteiger partial charge in [0.05, 0.1) is 6.21 Å². The predicted molar refractivity (Wildman–Crippen MR) is 66.4 cm³/mol. The normalized spacial score (nSPS) is 10.6. The van der Waals surface area contributed by atoms with Crippen LogP contribution >= 0.6 is 11.6 Å². The summed E-state index contributed by atoms with van der Waals surface area (Å²) >= 11 is 5.59. The van der Waals surface area contributed by atoms with E-state index in [1.54, 1.807) is 42.6 Å². The molecule has 0 aliphatic carbocycles. The lowest BCUT2D eigenvalue weighted by molar-refractivity contribution is 0.475. The van der Waals surface area contributed by atoms with Crippen molar-refractivity contribution < 1.29 is 5.11 Å². The molecule has 2 N–H and O–H groups in total. The molecule has 0 aliphatic rings. The Morgan fingerprint density at radius 2 is 1.88 bits per heavy atom. The average Bonchev–Trinajstić information content (AvgIpc) is 2.34. The van der Waals surface area contributed by atoms with E-state index in [9.17, 15) is 0 Å². The molecule has 17 heavy (non-hydrogen) atoms. The van der Waals surface area contributed by atoms with Crippen LogP contribution in [-0.4, -0.2) is 21.5 Å². The first-order chi connectivity index (χ1) is 8.24. The SMILES string of the molecule is Oc1ccc(/C=N\Nc2ccc(Cl)nn2)cc1. The van der Waals surface area contributed by atoms with Crippen molar-refractivity contribution in [2.24, 2.45) is 5.10 Å². The highest BCUT2D eigenvalue weighted by atomic mass is 35.5. The smallest absolute Gasteiger partial charge is 0.168 e. The van der Waals surface area contributed by atoms with Gasteiger partial charge in [0.25, 0.3) is 0 Å². The first-order valence-electron chi connectivity index (χ1n) is 4.81. The van der Waals surface area contributed by atoms with Crippen LogP contribution in [0.4, 0.5) is 5.82 Å². The molecular weight excluding hydrogens is 240 g/mol. The average molecular weight is 249 g/mol. The number of phenolic OH excluding ortho intramolecular Hbond substituents is 1. The molecule has 5 nitrogen and oxygen atoms in total. The van der Waals surface area contributed by atoms with Crippen LogP contribution in [0, 0.1) is 0 Å². The Balaban J connectivity index is 1.97. The number of anilines is 1. The maximum absolute atomic E-state index is 9.10. The van der Waals surface area contributed by atoms with Crippen LogP contribution in [0.15, 0.2) is 41.5 Å². The summed E-state index contributed by atoms with van der Waals surface area (Å²) in [4.78, 5) is 0. The Morgan fingerprint density at radius 3 is 2.53 bits per heavy atom. The van der Waals surface area contributed by atoms with Crippen molar-refractivity contribution in [1.29, 1.82) is 0 Å². The van der Waals surface area contributed by atoms with Crippen LogP contribution in [0.25, 0.3) is 0 Å². The second-order valence-electron chi connectivity index (χ2n) is 3.20. The first-order valence-corrected chi connectivity index (χ1v) is 5.19. The second kappa shape index (κ2) is 5.27. The zero-order valence-corrected chi connectivity index (χ0v) is 9.46. The Bertz CT molecular complexity index is 510. The number of rotatable bonds is 3. The Kier molecular flexibility index (Phi) is 3.52. The fourth-order valence-corrected chi connectivity index (χ4v) is 1.21. The largest absolute Gasteiger partial charge is 0.508 e. The number of hydrazone groups is 1. The number of halogens is 1. The van der Waals surface area contributed by atoms with Gasteiger partial charge in [-0.25, -0.2) is 0 Å². The summed E-state index contributed by atoms with van der Waals surface area (Å²) < 4.78 is 0. The molecule has 0 saturated heterocycles. The molecule has 2 rings (SSSR count). The molecule has 2 aromatic rings. The molecule has 0 aliphatic heterocycles. The van der Waals surface area contributed by atoms with Gasteiger partial charge in [-0.1, -0.05) is 11.6 Å². The Labute approximate surface area is 103 Å². The number of nitrogens with zero attached hydrogens (tertiary/aromatic N) is 3. The number of benzene rings is 1. The van der Waals surface area contributed by atoms with E-state index in [1.165, 1.54) is 0 Å². The van der Waals surface area contributed by atoms with Crippen LogP contribution in [0.2, 0.25) is 5.15 Å². The third-order valence-corrected chi connectivity index (χ3v) is 2.12. The molecule has 0 fully saturated rings. The molecule has 1 aromatic carbocycles. The maximum Gasteiger partial charge on any atom is 0.168 e. The summed E-state index contributed by atoms with van der Waals surface area (Å²) in [5, 5.41) is 20.8. The summed E-state index contributed by atoms with van der Waals surface area (Å²) in [6.45, 7) is 0. The minimum atomic E-state index is 0.221. The first kappa shape index (κ1) is 11.3. The summed E-state index contributed by atoms with van der Waals surface area (Å²) in [5.41, 5.74) is 3.57. The fourth-order valence-electron chi connectivity index (χ4n) is 1.11. The third kappa shape index (κ3) is 3.42. The van der Waals surface area contributed by atoms with Crippen molar-refractivity contribution in [2.75, 3.05) is 5.43 Å². The van der Waals surface area contributed by atoms with Gasteiger partial charge in [0.2, 0.25) is 0 Å². The van der Waals surface area contributed by atoms with Gasteiger partial charge in [-0.3, -0.25) is 5.43 Å². The van der Waals surface area contributed by atoms with Crippen molar-refractivity contribution in [3.05, 3.63) is 47.1 Å². The van der Waals surface area contributed by atoms with Gasteiger partial charge in [-0.2, -0.15) is 5.10 Å². The van der Waals surface area contributed by atoms with Gasteiger partial charge in [0.15, 0.2) is 11.0 Å². The van der Waals surface area contributed by atoms with E-state index in [-0.39, 0.29) is 5.75 Å². The van der Waals surface area contributed by atoms with Crippen molar-refractivity contribution >= 4 is 23.6 Å². The topological polar surface area (TPSA) is 70.4 Å². The fraction of sp³-hybridized carbons (Fsp3) is 0. The van der Waals surface area contributed by atoms with Gasteiger partial charge in [-0.05, 0) is 42.0 Å². The maximum atomic E-state index is 9.10. The van der Waals surface area contributed by atoms with Crippen LogP contribution in [-0.2, 0) is 0 Å². The lowest BCUT2D eigenvalue weighted by Gasteiger charge is -1.97. The molecule has 0 atom stereocenters. The minimum Gasteiger partial charge on any atom is -0.508 e. The Morgan fingerprint density at radius 1 is 1.12 bits per heavy atom. The summed E-state index contributed by atoms with van der Waals surface area (Å²) in [7, 11) is 0. The van der Waals surface area contributed by atoms with Crippen LogP contribution in [0.3, 0.4) is 0 Å². The molecule has 1 heterocycles. The van der Waals surface area contributed by atoms with E-state index >= 15 is 0 Å². The van der Waals surface area contributed by atoms with Gasteiger partial charge in [0, 0.05) is 0 Å². The molecule has 0 amide bonds. The third-order valence-electron chi connectivity index (χ3n) is 1.92. The zero-order chi connectivity index (χ0) is 12.1. The van der Waals surface area contributed by atoms with Crippen molar-refractivity contribution in [3.63, 3.8) is 0 Å². The molecule has 86 valence electrons. The molecule has 0 spiro atoms. The summed E-state index contributed by atoms with van der Waals surface area (Å²) in [5.74, 6) is 0.725. The number of nitrogens with one attached hydrogen (secondary N) is 1. The standard InChI is InChI=1S/C11H9ClN4O/c12-10-5-6-11(16-14-10)15-13-7-8-1-3-9(17)4-2-8/h1-7,17H,(H,15,16)/b13-7-. The number of hydrogen-bond acceptors (Lipinski definition) is 5. The highest BCUT2D eigenvalue weighted by Gasteiger charge is 1.92.